The zero-order chi connectivity index (χ0) is 13.0. The number of aliphatic carboxylic acids is 1. The number of benzene rings is 1. The molecule has 0 fully saturated rings. The van der Waals surface area contributed by atoms with Gasteiger partial charge in [0.1, 0.15) is 11.6 Å². The summed E-state index contributed by atoms with van der Waals surface area (Å²) in [6, 6.07) is 3.05. The van der Waals surface area contributed by atoms with Crippen LogP contribution in [0.1, 0.15) is 24.5 Å². The predicted octanol–water partition coefficient (Wildman–Crippen LogP) is 2.80. The van der Waals surface area contributed by atoms with Crippen LogP contribution in [0.15, 0.2) is 12.1 Å². The van der Waals surface area contributed by atoms with Crippen molar-refractivity contribution in [2.75, 3.05) is 7.11 Å². The van der Waals surface area contributed by atoms with Crippen molar-refractivity contribution in [3.8, 4) is 5.75 Å². The molecule has 1 aromatic carbocycles. The molecule has 17 heavy (non-hydrogen) atoms. The maximum atomic E-state index is 13.4. The largest absolute Gasteiger partial charge is 0.496 e. The first-order valence-electron chi connectivity index (χ1n) is 5.51. The SMILES string of the molecule is COc1cc(C)c(F)cc1CCC(C)C(=O)O. The van der Waals surface area contributed by atoms with Gasteiger partial charge in [-0.15, -0.1) is 0 Å². The maximum absolute atomic E-state index is 13.4. The summed E-state index contributed by atoms with van der Waals surface area (Å²) in [6.45, 7) is 3.31. The fourth-order valence-electron chi connectivity index (χ4n) is 1.58. The Kier molecular flexibility index (Phi) is 4.49. The lowest BCUT2D eigenvalue weighted by molar-refractivity contribution is -0.141. The highest BCUT2D eigenvalue weighted by molar-refractivity contribution is 5.69. The molecule has 94 valence electrons. The number of carbonyl (C=O) groups is 1. The van der Waals surface area contributed by atoms with Crippen LogP contribution in [0.2, 0.25) is 0 Å². The summed E-state index contributed by atoms with van der Waals surface area (Å²) in [5.41, 5.74) is 1.24. The summed E-state index contributed by atoms with van der Waals surface area (Å²) >= 11 is 0. The summed E-state index contributed by atoms with van der Waals surface area (Å²) < 4.78 is 18.6. The Morgan fingerprint density at radius 2 is 2.18 bits per heavy atom. The minimum atomic E-state index is -0.837. The van der Waals surface area contributed by atoms with E-state index >= 15 is 0 Å². The first-order valence-corrected chi connectivity index (χ1v) is 5.51. The molecule has 4 heteroatoms. The monoisotopic (exact) mass is 240 g/mol. The molecule has 0 aliphatic carbocycles. The van der Waals surface area contributed by atoms with Gasteiger partial charge in [0.2, 0.25) is 0 Å². The van der Waals surface area contributed by atoms with Crippen LogP contribution in [0, 0.1) is 18.7 Å². The lowest BCUT2D eigenvalue weighted by Gasteiger charge is -2.11. The average molecular weight is 240 g/mol. The van der Waals surface area contributed by atoms with Gasteiger partial charge in [0.25, 0.3) is 0 Å². The number of methoxy groups -OCH3 is 1. The fraction of sp³-hybridized carbons (Fsp3) is 0.462. The van der Waals surface area contributed by atoms with Crippen LogP contribution < -0.4 is 4.74 Å². The highest BCUT2D eigenvalue weighted by Gasteiger charge is 2.13. The Labute approximate surface area is 100 Å². The number of hydrogen-bond acceptors (Lipinski definition) is 2. The Hall–Kier alpha value is -1.58. The molecule has 0 saturated carbocycles. The molecule has 0 spiro atoms. The Bertz CT molecular complexity index is 415. The van der Waals surface area contributed by atoms with Gasteiger partial charge >= 0.3 is 5.97 Å². The molecule has 1 atom stereocenters. The van der Waals surface area contributed by atoms with Crippen LogP contribution in [0.25, 0.3) is 0 Å². The molecule has 0 aliphatic heterocycles. The van der Waals surface area contributed by atoms with Crippen molar-refractivity contribution in [3.05, 3.63) is 29.1 Å². The molecule has 0 radical (unpaired) electrons. The molecule has 0 bridgehead atoms. The molecule has 1 rings (SSSR count). The molecule has 0 heterocycles. The maximum Gasteiger partial charge on any atom is 0.306 e. The molecule has 0 aliphatic rings. The molecule has 1 N–H and O–H groups in total. The third-order valence-corrected chi connectivity index (χ3v) is 2.83. The topological polar surface area (TPSA) is 46.5 Å². The van der Waals surface area contributed by atoms with E-state index in [4.69, 9.17) is 9.84 Å². The molecular weight excluding hydrogens is 223 g/mol. The highest BCUT2D eigenvalue weighted by atomic mass is 19.1. The number of carboxylic acid groups (broad SMARTS) is 1. The average Bonchev–Trinajstić information content (AvgIpc) is 2.29. The van der Waals surface area contributed by atoms with Crippen molar-refractivity contribution in [3.63, 3.8) is 0 Å². The van der Waals surface area contributed by atoms with Gasteiger partial charge in [-0.3, -0.25) is 4.79 Å². The summed E-state index contributed by atoms with van der Waals surface area (Å²) in [4.78, 5) is 10.7. The standard InChI is InChI=1S/C13H17FO3/c1-8(13(15)16)4-5-10-7-11(14)9(2)6-12(10)17-3/h6-8H,4-5H2,1-3H3,(H,15,16). The lowest BCUT2D eigenvalue weighted by Crippen LogP contribution is -2.10. The van der Waals surface area contributed by atoms with Gasteiger partial charge in [-0.2, -0.15) is 0 Å². The molecule has 1 unspecified atom stereocenters. The molecule has 3 nitrogen and oxygen atoms in total. The van der Waals surface area contributed by atoms with E-state index in [0.29, 0.717) is 29.7 Å². The van der Waals surface area contributed by atoms with E-state index in [1.165, 1.54) is 13.2 Å². The Balaban J connectivity index is 2.83. The quantitative estimate of drug-likeness (QED) is 0.860. The van der Waals surface area contributed by atoms with Crippen molar-refractivity contribution in [2.24, 2.45) is 5.92 Å². The lowest BCUT2D eigenvalue weighted by atomic mass is 9.99. The van der Waals surface area contributed by atoms with E-state index in [2.05, 4.69) is 0 Å². The van der Waals surface area contributed by atoms with E-state index in [9.17, 15) is 9.18 Å². The van der Waals surface area contributed by atoms with E-state index < -0.39 is 11.9 Å². The number of rotatable bonds is 5. The van der Waals surface area contributed by atoms with Crippen LogP contribution in [-0.4, -0.2) is 18.2 Å². The molecule has 0 amide bonds. The van der Waals surface area contributed by atoms with Gasteiger partial charge in [0, 0.05) is 0 Å². The normalized spacial score (nSPS) is 12.2. The van der Waals surface area contributed by atoms with Crippen molar-refractivity contribution in [2.45, 2.75) is 26.7 Å². The number of halogens is 1. The van der Waals surface area contributed by atoms with Crippen molar-refractivity contribution in [1.82, 2.24) is 0 Å². The Morgan fingerprint density at radius 1 is 1.53 bits per heavy atom. The van der Waals surface area contributed by atoms with Gasteiger partial charge < -0.3 is 9.84 Å². The number of ether oxygens (including phenoxy) is 1. The highest BCUT2D eigenvalue weighted by Crippen LogP contribution is 2.24. The summed E-state index contributed by atoms with van der Waals surface area (Å²) in [5, 5.41) is 8.78. The van der Waals surface area contributed by atoms with Gasteiger partial charge in [-0.05, 0) is 43.0 Å². The van der Waals surface area contributed by atoms with E-state index in [0.717, 1.165) is 0 Å². The van der Waals surface area contributed by atoms with Crippen molar-refractivity contribution < 1.29 is 19.0 Å². The van der Waals surface area contributed by atoms with Crippen LogP contribution in [0.5, 0.6) is 5.75 Å². The minimum absolute atomic E-state index is 0.288. The fourth-order valence-corrected chi connectivity index (χ4v) is 1.58. The summed E-state index contributed by atoms with van der Waals surface area (Å²) in [6.07, 6.45) is 0.960. The predicted molar refractivity (Wildman–Crippen MR) is 62.8 cm³/mol. The van der Waals surface area contributed by atoms with Crippen LogP contribution in [-0.2, 0) is 11.2 Å². The van der Waals surface area contributed by atoms with Crippen LogP contribution in [0.3, 0.4) is 0 Å². The molecular formula is C13H17FO3. The van der Waals surface area contributed by atoms with Crippen LogP contribution in [0.4, 0.5) is 4.39 Å². The van der Waals surface area contributed by atoms with Crippen molar-refractivity contribution >= 4 is 5.97 Å². The Morgan fingerprint density at radius 3 is 2.71 bits per heavy atom. The van der Waals surface area contributed by atoms with E-state index in [1.807, 2.05) is 0 Å². The van der Waals surface area contributed by atoms with Gasteiger partial charge in [-0.1, -0.05) is 6.92 Å². The van der Waals surface area contributed by atoms with Gasteiger partial charge in [0.15, 0.2) is 0 Å². The first kappa shape index (κ1) is 13.5. The number of hydrogen-bond donors (Lipinski definition) is 1. The zero-order valence-electron chi connectivity index (χ0n) is 10.3. The number of aryl methyl sites for hydroxylation is 2. The second-order valence-electron chi connectivity index (χ2n) is 4.19. The number of carboxylic acids is 1. The summed E-state index contributed by atoms with van der Waals surface area (Å²) in [5.74, 6) is -0.953. The second-order valence-corrected chi connectivity index (χ2v) is 4.19. The van der Waals surface area contributed by atoms with E-state index in [-0.39, 0.29) is 5.82 Å². The smallest absolute Gasteiger partial charge is 0.306 e. The third-order valence-electron chi connectivity index (χ3n) is 2.83. The van der Waals surface area contributed by atoms with E-state index in [1.54, 1.807) is 19.9 Å². The molecule has 1 aromatic rings. The molecule has 0 saturated heterocycles. The van der Waals surface area contributed by atoms with Crippen molar-refractivity contribution in [1.29, 1.82) is 0 Å². The van der Waals surface area contributed by atoms with Crippen LogP contribution >= 0.6 is 0 Å². The second kappa shape index (κ2) is 5.66. The zero-order valence-corrected chi connectivity index (χ0v) is 10.3. The van der Waals surface area contributed by atoms with Gasteiger partial charge in [0.05, 0.1) is 13.0 Å². The minimum Gasteiger partial charge on any atom is -0.496 e. The van der Waals surface area contributed by atoms with Gasteiger partial charge in [-0.25, -0.2) is 4.39 Å². The third kappa shape index (κ3) is 3.44. The molecule has 0 aromatic heterocycles. The first-order chi connectivity index (χ1) is 7.95. The summed E-state index contributed by atoms with van der Waals surface area (Å²) in [7, 11) is 1.52.